The molecule has 3 aromatic rings. The molecular formula is C28H30BrClN2O6. The third-order valence-electron chi connectivity index (χ3n) is 5.76. The van der Waals surface area contributed by atoms with E-state index in [-0.39, 0.29) is 32.1 Å². The molecule has 3 rings (SSSR count). The predicted octanol–water partition coefficient (Wildman–Crippen LogP) is 5.27. The molecule has 3 aromatic carbocycles. The average molecular weight is 606 g/mol. The standard InChI is InChI=1S/C28H30BrClN2O6/c1-18(34)24(15-33)31-14-21-12-23(30)26(13-25(21)38-17-27(35)32(2)36-3)37-16-20-10-7-11-22(28(20)29)19-8-5-4-6-9-19/h4-13,24,31,33-34H,1,14-17H2,2-3H3/t24-/m0/s1. The molecule has 0 bridgehead atoms. The molecule has 0 aliphatic rings. The number of carbonyl (C=O) groups excluding carboxylic acids is 1. The normalized spacial score (nSPS) is 11.6. The first-order chi connectivity index (χ1) is 18.2. The molecule has 8 nitrogen and oxygen atoms in total. The lowest BCUT2D eigenvalue weighted by atomic mass is 10.0. The zero-order chi connectivity index (χ0) is 27.7. The van der Waals surface area contributed by atoms with Crippen LogP contribution in [-0.2, 0) is 22.8 Å². The fourth-order valence-electron chi connectivity index (χ4n) is 3.50. The summed E-state index contributed by atoms with van der Waals surface area (Å²) in [7, 11) is 2.86. The Bertz CT molecular complexity index is 1260. The van der Waals surface area contributed by atoms with Crippen LogP contribution >= 0.6 is 27.5 Å². The minimum Gasteiger partial charge on any atom is -0.511 e. The Kier molecular flexibility index (Phi) is 11.0. The molecule has 0 radical (unpaired) electrons. The van der Waals surface area contributed by atoms with Crippen molar-refractivity contribution < 1.29 is 29.3 Å². The highest BCUT2D eigenvalue weighted by atomic mass is 79.9. The fraction of sp³-hybridized carbons (Fsp3) is 0.250. The summed E-state index contributed by atoms with van der Waals surface area (Å²) in [4.78, 5) is 17.1. The molecule has 10 heteroatoms. The van der Waals surface area contributed by atoms with Crippen LogP contribution in [-0.4, -0.2) is 54.6 Å². The van der Waals surface area contributed by atoms with Gasteiger partial charge in [0.15, 0.2) is 6.61 Å². The summed E-state index contributed by atoms with van der Waals surface area (Å²) >= 11 is 10.3. The first kappa shape index (κ1) is 29.5. The lowest BCUT2D eigenvalue weighted by Crippen LogP contribution is -2.34. The molecule has 0 unspecified atom stereocenters. The van der Waals surface area contributed by atoms with Crippen LogP contribution in [0.15, 0.2) is 77.5 Å². The van der Waals surface area contributed by atoms with E-state index in [0.717, 1.165) is 26.2 Å². The smallest absolute Gasteiger partial charge is 0.283 e. The number of rotatable bonds is 13. The van der Waals surface area contributed by atoms with Crippen molar-refractivity contribution in [2.45, 2.75) is 19.2 Å². The molecule has 0 spiro atoms. The molecule has 0 heterocycles. The summed E-state index contributed by atoms with van der Waals surface area (Å²) < 4.78 is 12.8. The average Bonchev–Trinajstić information content (AvgIpc) is 2.92. The molecule has 38 heavy (non-hydrogen) atoms. The summed E-state index contributed by atoms with van der Waals surface area (Å²) in [6.45, 7) is 3.20. The van der Waals surface area contributed by atoms with Crippen molar-refractivity contribution in [2.24, 2.45) is 0 Å². The van der Waals surface area contributed by atoms with Gasteiger partial charge in [-0.3, -0.25) is 9.63 Å². The van der Waals surface area contributed by atoms with E-state index >= 15 is 0 Å². The maximum atomic E-state index is 12.2. The van der Waals surface area contributed by atoms with Gasteiger partial charge in [-0.05, 0) is 33.1 Å². The number of amides is 1. The van der Waals surface area contributed by atoms with E-state index in [1.54, 1.807) is 12.1 Å². The summed E-state index contributed by atoms with van der Waals surface area (Å²) in [6.07, 6.45) is 0. The number of ether oxygens (including phenoxy) is 2. The van der Waals surface area contributed by atoms with Gasteiger partial charge in [-0.25, -0.2) is 5.06 Å². The van der Waals surface area contributed by atoms with E-state index in [9.17, 15) is 15.0 Å². The summed E-state index contributed by atoms with van der Waals surface area (Å²) in [6, 6.07) is 18.5. The van der Waals surface area contributed by atoms with Gasteiger partial charge in [-0.1, -0.05) is 66.7 Å². The van der Waals surface area contributed by atoms with Gasteiger partial charge in [0.2, 0.25) is 0 Å². The highest BCUT2D eigenvalue weighted by molar-refractivity contribution is 9.10. The number of nitrogens with zero attached hydrogens (tertiary/aromatic N) is 1. The van der Waals surface area contributed by atoms with Crippen LogP contribution in [0.1, 0.15) is 11.1 Å². The summed E-state index contributed by atoms with van der Waals surface area (Å²) in [5.74, 6) is 0.0935. The molecule has 202 valence electrons. The Morgan fingerprint density at radius 1 is 1.11 bits per heavy atom. The molecule has 0 saturated heterocycles. The number of hydrogen-bond acceptors (Lipinski definition) is 7. The molecule has 0 aliphatic carbocycles. The largest absolute Gasteiger partial charge is 0.511 e. The van der Waals surface area contributed by atoms with Crippen molar-refractivity contribution in [3.05, 3.63) is 93.6 Å². The van der Waals surface area contributed by atoms with Gasteiger partial charge in [0.1, 0.15) is 23.9 Å². The van der Waals surface area contributed by atoms with Gasteiger partial charge >= 0.3 is 0 Å². The predicted molar refractivity (Wildman–Crippen MR) is 150 cm³/mol. The van der Waals surface area contributed by atoms with Gasteiger partial charge < -0.3 is 25.0 Å². The minimum absolute atomic E-state index is 0.166. The van der Waals surface area contributed by atoms with Gasteiger partial charge in [0.05, 0.1) is 24.8 Å². The molecular weight excluding hydrogens is 576 g/mol. The van der Waals surface area contributed by atoms with Crippen molar-refractivity contribution in [3.8, 4) is 22.6 Å². The first-order valence-electron chi connectivity index (χ1n) is 11.7. The number of aliphatic hydroxyl groups excluding tert-OH is 2. The number of hydroxylamine groups is 2. The maximum Gasteiger partial charge on any atom is 0.283 e. The SMILES string of the molecule is C=C(O)[C@H](CO)NCc1cc(Cl)c(OCc2cccc(-c3ccccc3)c2Br)cc1OCC(=O)N(C)OC. The van der Waals surface area contributed by atoms with Crippen LogP contribution in [0.5, 0.6) is 11.5 Å². The number of hydrogen-bond donors (Lipinski definition) is 3. The van der Waals surface area contributed by atoms with Gasteiger partial charge in [0.25, 0.3) is 5.91 Å². The van der Waals surface area contributed by atoms with E-state index in [1.807, 2.05) is 48.5 Å². The second-order valence-corrected chi connectivity index (χ2v) is 9.49. The Morgan fingerprint density at radius 3 is 2.50 bits per heavy atom. The van der Waals surface area contributed by atoms with Gasteiger partial charge in [0, 0.05) is 35.3 Å². The fourth-order valence-corrected chi connectivity index (χ4v) is 4.35. The van der Waals surface area contributed by atoms with E-state index in [1.165, 1.54) is 14.2 Å². The van der Waals surface area contributed by atoms with Crippen LogP contribution in [0, 0.1) is 0 Å². The van der Waals surface area contributed by atoms with Crippen molar-refractivity contribution in [1.29, 1.82) is 0 Å². The van der Waals surface area contributed by atoms with Crippen molar-refractivity contribution in [2.75, 3.05) is 27.4 Å². The number of likely N-dealkylation sites (N-methyl/N-ethyl adjacent to an activating group) is 1. The van der Waals surface area contributed by atoms with E-state index in [4.69, 9.17) is 25.9 Å². The van der Waals surface area contributed by atoms with Crippen LogP contribution in [0.25, 0.3) is 11.1 Å². The molecule has 0 fully saturated rings. The van der Waals surface area contributed by atoms with Gasteiger partial charge in [-0.2, -0.15) is 0 Å². The maximum absolute atomic E-state index is 12.2. The Balaban J connectivity index is 1.84. The topological polar surface area (TPSA) is 100 Å². The molecule has 1 atom stereocenters. The van der Waals surface area contributed by atoms with Crippen molar-refractivity contribution >= 4 is 33.4 Å². The monoisotopic (exact) mass is 604 g/mol. The highest BCUT2D eigenvalue weighted by Crippen LogP contribution is 2.36. The van der Waals surface area contributed by atoms with Gasteiger partial charge in [-0.15, -0.1) is 0 Å². The Morgan fingerprint density at radius 2 is 1.84 bits per heavy atom. The third kappa shape index (κ3) is 7.72. The molecule has 0 aromatic heterocycles. The van der Waals surface area contributed by atoms with Crippen LogP contribution < -0.4 is 14.8 Å². The second kappa shape index (κ2) is 14.2. The zero-order valence-electron chi connectivity index (χ0n) is 21.1. The Labute approximate surface area is 235 Å². The molecule has 3 N–H and O–H groups in total. The second-order valence-electron chi connectivity index (χ2n) is 8.29. The van der Waals surface area contributed by atoms with E-state index in [0.29, 0.717) is 22.1 Å². The lowest BCUT2D eigenvalue weighted by Gasteiger charge is -2.20. The van der Waals surface area contributed by atoms with Crippen LogP contribution in [0.4, 0.5) is 0 Å². The van der Waals surface area contributed by atoms with Crippen molar-refractivity contribution in [3.63, 3.8) is 0 Å². The zero-order valence-corrected chi connectivity index (χ0v) is 23.5. The number of benzene rings is 3. The summed E-state index contributed by atoms with van der Waals surface area (Å²) in [5, 5.41) is 23.5. The first-order valence-corrected chi connectivity index (χ1v) is 12.9. The number of nitrogens with one attached hydrogen (secondary N) is 1. The van der Waals surface area contributed by atoms with Crippen molar-refractivity contribution in [1.82, 2.24) is 10.4 Å². The lowest BCUT2D eigenvalue weighted by molar-refractivity contribution is -0.170. The third-order valence-corrected chi connectivity index (χ3v) is 6.99. The molecule has 1 amide bonds. The Hall–Kier alpha value is -3.08. The minimum atomic E-state index is -0.743. The molecule has 0 saturated carbocycles. The molecule has 0 aliphatic heterocycles. The summed E-state index contributed by atoms with van der Waals surface area (Å²) in [5.41, 5.74) is 3.61. The number of halogens is 2. The van der Waals surface area contributed by atoms with Crippen LogP contribution in [0.3, 0.4) is 0 Å². The highest BCUT2D eigenvalue weighted by Gasteiger charge is 2.17. The number of aliphatic hydroxyl groups is 2. The number of carbonyl (C=O) groups is 1. The quantitative estimate of drug-likeness (QED) is 0.180. The van der Waals surface area contributed by atoms with E-state index < -0.39 is 11.9 Å². The van der Waals surface area contributed by atoms with E-state index in [2.05, 4.69) is 27.8 Å². The van der Waals surface area contributed by atoms with Crippen LogP contribution in [0.2, 0.25) is 5.02 Å².